The molecule has 0 aromatic carbocycles. The van der Waals surface area contributed by atoms with Gasteiger partial charge in [0.05, 0.1) is 25.4 Å². The van der Waals surface area contributed by atoms with Crippen LogP contribution >= 0.6 is 0 Å². The molecule has 0 spiro atoms. The Bertz CT molecular complexity index is 200. The highest BCUT2D eigenvalue weighted by Gasteiger charge is 2.59. The highest BCUT2D eigenvalue weighted by Crippen LogP contribution is 2.55. The maximum Gasteiger partial charge on any atom is 0.0837 e. The molecule has 4 N–H and O–H groups in total. The van der Waals surface area contributed by atoms with Gasteiger partial charge in [0.15, 0.2) is 0 Å². The van der Waals surface area contributed by atoms with Gasteiger partial charge in [0.2, 0.25) is 0 Å². The van der Waals surface area contributed by atoms with Crippen LogP contribution in [0.5, 0.6) is 0 Å². The van der Waals surface area contributed by atoms with E-state index in [1.807, 2.05) is 0 Å². The molecule has 2 rings (SSSR count). The Morgan fingerprint density at radius 3 is 2.08 bits per heavy atom. The van der Waals surface area contributed by atoms with Gasteiger partial charge in [-0.15, -0.1) is 0 Å². The molecule has 0 heterocycles. The first-order valence-electron chi connectivity index (χ1n) is 4.72. The van der Waals surface area contributed by atoms with Crippen molar-refractivity contribution in [2.24, 2.45) is 17.3 Å². The highest BCUT2D eigenvalue weighted by molar-refractivity contribution is 5.08. The Labute approximate surface area is 76.8 Å². The van der Waals surface area contributed by atoms with E-state index in [1.165, 1.54) is 0 Å². The number of aliphatic hydroxyl groups is 4. The van der Waals surface area contributed by atoms with Gasteiger partial charge in [-0.3, -0.25) is 0 Å². The van der Waals surface area contributed by atoms with Gasteiger partial charge < -0.3 is 20.4 Å². The van der Waals surface area contributed by atoms with Crippen molar-refractivity contribution in [1.82, 2.24) is 0 Å². The molecule has 2 bridgehead atoms. The van der Waals surface area contributed by atoms with Crippen molar-refractivity contribution in [2.75, 3.05) is 13.2 Å². The molecule has 2 aliphatic carbocycles. The maximum atomic E-state index is 9.61. The summed E-state index contributed by atoms with van der Waals surface area (Å²) in [6, 6.07) is 0. The molecule has 0 aromatic rings. The molecule has 76 valence electrons. The predicted octanol–water partition coefficient (Wildman–Crippen LogP) is -1.28. The molecule has 4 atom stereocenters. The van der Waals surface area contributed by atoms with Crippen molar-refractivity contribution in [3.8, 4) is 0 Å². The van der Waals surface area contributed by atoms with E-state index in [0.29, 0.717) is 6.42 Å². The van der Waals surface area contributed by atoms with Gasteiger partial charge in [-0.25, -0.2) is 0 Å². The summed E-state index contributed by atoms with van der Waals surface area (Å²) in [6.07, 6.45) is -0.0684. The fraction of sp³-hybridized carbons (Fsp3) is 1.00. The van der Waals surface area contributed by atoms with E-state index in [-0.39, 0.29) is 25.0 Å². The second kappa shape index (κ2) is 2.92. The minimum Gasteiger partial charge on any atom is -0.396 e. The number of aliphatic hydroxyl groups excluding tert-OH is 4. The molecule has 0 saturated heterocycles. The molecule has 0 aromatic heterocycles. The minimum absolute atomic E-state index is 0.0549. The third-order valence-electron chi connectivity index (χ3n) is 3.89. The highest BCUT2D eigenvalue weighted by atomic mass is 16.3. The fourth-order valence-corrected chi connectivity index (χ4v) is 3.03. The molecular formula is C9H16O4. The van der Waals surface area contributed by atoms with Crippen LogP contribution in [-0.2, 0) is 0 Å². The number of hydrogen-bond acceptors (Lipinski definition) is 4. The van der Waals surface area contributed by atoms with Crippen LogP contribution in [0.2, 0.25) is 0 Å². The van der Waals surface area contributed by atoms with Gasteiger partial charge >= 0.3 is 0 Å². The average Bonchev–Trinajstić information content (AvgIpc) is 2.65. The predicted molar refractivity (Wildman–Crippen MR) is 44.8 cm³/mol. The second-order valence-corrected chi connectivity index (χ2v) is 4.47. The summed E-state index contributed by atoms with van der Waals surface area (Å²) < 4.78 is 0. The van der Waals surface area contributed by atoms with Gasteiger partial charge in [0.25, 0.3) is 0 Å². The summed E-state index contributed by atoms with van der Waals surface area (Å²) in [5.74, 6) is -0.0817. The molecule has 0 amide bonds. The van der Waals surface area contributed by atoms with Crippen molar-refractivity contribution < 1.29 is 20.4 Å². The first-order valence-corrected chi connectivity index (χ1v) is 4.72. The fourth-order valence-electron chi connectivity index (χ4n) is 3.03. The molecule has 2 fully saturated rings. The Morgan fingerprint density at radius 2 is 1.69 bits per heavy atom. The summed E-state index contributed by atoms with van der Waals surface area (Å²) in [7, 11) is 0. The second-order valence-electron chi connectivity index (χ2n) is 4.47. The van der Waals surface area contributed by atoms with E-state index in [0.717, 1.165) is 6.42 Å². The molecule has 0 aliphatic heterocycles. The van der Waals surface area contributed by atoms with Crippen molar-refractivity contribution in [2.45, 2.75) is 25.0 Å². The van der Waals surface area contributed by atoms with Crippen molar-refractivity contribution in [3.05, 3.63) is 0 Å². The van der Waals surface area contributed by atoms with Gasteiger partial charge in [-0.05, 0) is 24.7 Å². The van der Waals surface area contributed by atoms with Crippen LogP contribution in [0, 0.1) is 17.3 Å². The lowest BCUT2D eigenvalue weighted by Gasteiger charge is -2.38. The lowest BCUT2D eigenvalue weighted by Crippen LogP contribution is -2.47. The normalized spacial score (nSPS) is 47.1. The largest absolute Gasteiger partial charge is 0.396 e. The molecule has 4 unspecified atom stereocenters. The Morgan fingerprint density at radius 1 is 1.08 bits per heavy atom. The van der Waals surface area contributed by atoms with Gasteiger partial charge in [0.1, 0.15) is 0 Å². The molecule has 4 heteroatoms. The van der Waals surface area contributed by atoms with E-state index in [9.17, 15) is 20.4 Å². The van der Waals surface area contributed by atoms with Crippen molar-refractivity contribution >= 4 is 0 Å². The van der Waals surface area contributed by atoms with Crippen LogP contribution in [0.4, 0.5) is 0 Å². The van der Waals surface area contributed by atoms with Crippen LogP contribution in [0.25, 0.3) is 0 Å². The zero-order chi connectivity index (χ0) is 9.64. The minimum atomic E-state index is -0.766. The standard InChI is InChI=1S/C9H16O4/c10-3-9(4-11)2-5-1-6(9)8(13)7(5)12/h5-8,10-13H,1-4H2. The average molecular weight is 188 g/mol. The summed E-state index contributed by atoms with van der Waals surface area (Å²) in [5, 5.41) is 37.5. The SMILES string of the molecule is OCC1(CO)CC2CC1C(O)C2O. The Balaban J connectivity index is 2.21. The third kappa shape index (κ3) is 1.06. The smallest absolute Gasteiger partial charge is 0.0837 e. The lowest BCUT2D eigenvalue weighted by molar-refractivity contribution is -0.0971. The number of hydrogen-bond donors (Lipinski definition) is 4. The maximum absolute atomic E-state index is 9.61. The first-order chi connectivity index (χ1) is 6.14. The van der Waals surface area contributed by atoms with Crippen molar-refractivity contribution in [3.63, 3.8) is 0 Å². The van der Waals surface area contributed by atoms with Gasteiger partial charge in [-0.1, -0.05) is 0 Å². The number of rotatable bonds is 2. The molecule has 2 saturated carbocycles. The lowest BCUT2D eigenvalue weighted by atomic mass is 9.72. The summed E-state index contributed by atoms with van der Waals surface area (Å²) in [6.45, 7) is -0.205. The van der Waals surface area contributed by atoms with Crippen molar-refractivity contribution in [1.29, 1.82) is 0 Å². The topological polar surface area (TPSA) is 80.9 Å². The summed E-state index contributed by atoms with van der Waals surface area (Å²) in [4.78, 5) is 0. The zero-order valence-electron chi connectivity index (χ0n) is 7.43. The van der Waals surface area contributed by atoms with Crippen LogP contribution in [0.1, 0.15) is 12.8 Å². The third-order valence-corrected chi connectivity index (χ3v) is 3.89. The quantitative estimate of drug-likeness (QED) is 0.435. The van der Waals surface area contributed by atoms with E-state index < -0.39 is 17.6 Å². The van der Waals surface area contributed by atoms with Crippen LogP contribution < -0.4 is 0 Å². The first kappa shape index (κ1) is 9.40. The van der Waals surface area contributed by atoms with E-state index in [4.69, 9.17) is 0 Å². The molecular weight excluding hydrogens is 172 g/mol. The van der Waals surface area contributed by atoms with Crippen LogP contribution in [-0.4, -0.2) is 45.8 Å². The molecule has 4 nitrogen and oxygen atoms in total. The van der Waals surface area contributed by atoms with Crippen LogP contribution in [0.15, 0.2) is 0 Å². The molecule has 2 aliphatic rings. The zero-order valence-corrected chi connectivity index (χ0v) is 7.43. The van der Waals surface area contributed by atoms with E-state index >= 15 is 0 Å². The molecule has 0 radical (unpaired) electrons. The number of fused-ring (bicyclic) bond motifs is 2. The Hall–Kier alpha value is -0.160. The molecule has 13 heavy (non-hydrogen) atoms. The monoisotopic (exact) mass is 188 g/mol. The Kier molecular flexibility index (Phi) is 2.11. The summed E-state index contributed by atoms with van der Waals surface area (Å²) >= 11 is 0. The van der Waals surface area contributed by atoms with E-state index in [1.54, 1.807) is 0 Å². The van der Waals surface area contributed by atoms with Crippen LogP contribution in [0.3, 0.4) is 0 Å². The summed E-state index contributed by atoms with van der Waals surface area (Å²) in [5.41, 5.74) is -0.552. The van der Waals surface area contributed by atoms with Gasteiger partial charge in [0, 0.05) is 5.41 Å². The van der Waals surface area contributed by atoms with E-state index in [2.05, 4.69) is 0 Å². The van der Waals surface area contributed by atoms with Gasteiger partial charge in [-0.2, -0.15) is 0 Å².